The van der Waals surface area contributed by atoms with E-state index in [9.17, 15) is 24.5 Å². The maximum Gasteiger partial charge on any atom is 0.335 e. The van der Waals surface area contributed by atoms with Gasteiger partial charge in [0.1, 0.15) is 0 Å². The molecule has 118 valence electrons. The van der Waals surface area contributed by atoms with E-state index in [2.05, 4.69) is 0 Å². The zero-order valence-electron chi connectivity index (χ0n) is 12.1. The number of carboxylic acid groups (broad SMARTS) is 1. The third-order valence-corrected chi connectivity index (χ3v) is 3.66. The normalized spacial score (nSPS) is 14.8. The second-order valence-corrected chi connectivity index (χ2v) is 5.13. The van der Waals surface area contributed by atoms with E-state index in [-0.39, 0.29) is 28.0 Å². The smallest absolute Gasteiger partial charge is 0.335 e. The van der Waals surface area contributed by atoms with Crippen molar-refractivity contribution in [3.05, 3.63) is 80.4 Å². The second kappa shape index (κ2) is 5.54. The lowest BCUT2D eigenvalue weighted by atomic mass is 10.1. The van der Waals surface area contributed by atoms with E-state index in [1.54, 1.807) is 0 Å². The van der Waals surface area contributed by atoms with Crippen LogP contribution in [0.15, 0.2) is 48.0 Å². The van der Waals surface area contributed by atoms with Crippen LogP contribution >= 0.6 is 0 Å². The minimum atomic E-state index is -1.19. The fraction of sp³-hybridized carbons (Fsp3) is 0. The number of carbonyl (C=O) groups is 3. The second-order valence-electron chi connectivity index (χ2n) is 5.13. The monoisotopic (exact) mass is 323 g/mol. The van der Waals surface area contributed by atoms with Gasteiger partial charge in [-0.25, -0.2) is 4.79 Å². The number of Topliss-reactive ketones (excluding diaryl/α,β-unsaturated/α-hetero) is 2. The summed E-state index contributed by atoms with van der Waals surface area (Å²) in [4.78, 5) is 45.8. The summed E-state index contributed by atoms with van der Waals surface area (Å²) in [5.74, 6) is -2.24. The van der Waals surface area contributed by atoms with E-state index >= 15 is 0 Å². The van der Waals surface area contributed by atoms with Gasteiger partial charge in [-0.05, 0) is 42.0 Å². The molecule has 0 aromatic heterocycles. The lowest BCUT2D eigenvalue weighted by molar-refractivity contribution is -0.384. The van der Waals surface area contributed by atoms with E-state index in [1.807, 2.05) is 0 Å². The molecule has 0 spiro atoms. The Morgan fingerprint density at radius 3 is 2.21 bits per heavy atom. The fourth-order valence-corrected chi connectivity index (χ4v) is 2.45. The number of ketones is 2. The summed E-state index contributed by atoms with van der Waals surface area (Å²) >= 11 is 0. The van der Waals surface area contributed by atoms with Gasteiger partial charge in [0.05, 0.1) is 16.1 Å². The van der Waals surface area contributed by atoms with Crippen molar-refractivity contribution in [1.29, 1.82) is 0 Å². The molecule has 0 unspecified atom stereocenters. The highest BCUT2D eigenvalue weighted by molar-refractivity contribution is 6.41. The van der Waals surface area contributed by atoms with E-state index in [0.717, 1.165) is 0 Å². The third-order valence-electron chi connectivity index (χ3n) is 3.66. The lowest BCUT2D eigenvalue weighted by Gasteiger charge is -1.97. The predicted octanol–water partition coefficient (Wildman–Crippen LogP) is 2.76. The van der Waals surface area contributed by atoms with Crippen molar-refractivity contribution in [2.45, 2.75) is 0 Å². The molecule has 0 bridgehead atoms. The largest absolute Gasteiger partial charge is 0.478 e. The van der Waals surface area contributed by atoms with Crippen LogP contribution in [0.5, 0.6) is 0 Å². The first-order valence-corrected chi connectivity index (χ1v) is 6.81. The first kappa shape index (κ1) is 15.3. The molecule has 1 aliphatic carbocycles. The summed E-state index contributed by atoms with van der Waals surface area (Å²) in [6.07, 6.45) is 1.34. The van der Waals surface area contributed by atoms with Gasteiger partial charge in [-0.15, -0.1) is 0 Å². The maximum absolute atomic E-state index is 12.4. The molecule has 0 amide bonds. The first-order valence-electron chi connectivity index (χ1n) is 6.81. The molecule has 0 saturated heterocycles. The predicted molar refractivity (Wildman–Crippen MR) is 83.1 cm³/mol. The van der Waals surface area contributed by atoms with Gasteiger partial charge in [0.25, 0.3) is 5.69 Å². The average Bonchev–Trinajstić information content (AvgIpc) is 2.80. The molecule has 2 aromatic rings. The summed E-state index contributed by atoms with van der Waals surface area (Å²) in [6, 6.07) is 9.15. The van der Waals surface area contributed by atoms with Crippen LogP contribution in [0.1, 0.15) is 36.6 Å². The Labute approximate surface area is 135 Å². The number of hydrogen-bond donors (Lipinski definition) is 1. The van der Waals surface area contributed by atoms with Crippen molar-refractivity contribution in [2.24, 2.45) is 0 Å². The van der Waals surface area contributed by atoms with Gasteiger partial charge >= 0.3 is 5.97 Å². The Kier molecular flexibility index (Phi) is 3.53. The van der Waals surface area contributed by atoms with Gasteiger partial charge in [0.2, 0.25) is 0 Å². The lowest BCUT2D eigenvalue weighted by Crippen LogP contribution is -2.01. The fourth-order valence-electron chi connectivity index (χ4n) is 2.45. The number of allylic oxidation sites excluding steroid dienone is 1. The standard InChI is InChI=1S/C17H9NO6/c19-15-12-6-3-10(17(21)22)8-13(12)16(20)14(15)7-9-1-4-11(5-2-9)18(23)24/h1-8H,(H,21,22)/b14-7-. The molecule has 0 saturated carbocycles. The first-order chi connectivity index (χ1) is 11.4. The van der Waals surface area contributed by atoms with Crippen molar-refractivity contribution in [3.8, 4) is 0 Å². The topological polar surface area (TPSA) is 115 Å². The molecule has 0 atom stereocenters. The van der Waals surface area contributed by atoms with Crippen LogP contribution in [-0.2, 0) is 0 Å². The SMILES string of the molecule is O=C(O)c1ccc2c(c1)C(=O)/C(=C\c1ccc([N+](=O)[O-])cc1)C2=O. The molecule has 0 fully saturated rings. The number of aromatic carboxylic acids is 1. The van der Waals surface area contributed by atoms with E-state index in [1.165, 1.54) is 48.5 Å². The number of nitro groups is 1. The quantitative estimate of drug-likeness (QED) is 0.402. The molecule has 7 nitrogen and oxygen atoms in total. The Hall–Kier alpha value is -3.61. The van der Waals surface area contributed by atoms with Crippen LogP contribution in [0.4, 0.5) is 5.69 Å². The third kappa shape index (κ3) is 2.48. The molecule has 0 aliphatic heterocycles. The van der Waals surface area contributed by atoms with Crippen molar-refractivity contribution in [3.63, 3.8) is 0 Å². The number of carbonyl (C=O) groups excluding carboxylic acids is 2. The van der Waals surface area contributed by atoms with Crippen molar-refractivity contribution in [1.82, 2.24) is 0 Å². The molecule has 7 heteroatoms. The summed E-state index contributed by atoms with van der Waals surface area (Å²) in [5, 5.41) is 19.6. The summed E-state index contributed by atoms with van der Waals surface area (Å²) < 4.78 is 0. The number of hydrogen-bond acceptors (Lipinski definition) is 5. The molecule has 2 aromatic carbocycles. The van der Waals surface area contributed by atoms with Crippen LogP contribution in [0, 0.1) is 10.1 Å². The highest BCUT2D eigenvalue weighted by Gasteiger charge is 2.33. The molecule has 0 radical (unpaired) electrons. The number of non-ortho nitro benzene ring substituents is 1. The number of rotatable bonds is 3. The van der Waals surface area contributed by atoms with Crippen molar-refractivity contribution < 1.29 is 24.4 Å². The Balaban J connectivity index is 2.01. The number of benzene rings is 2. The van der Waals surface area contributed by atoms with Crippen LogP contribution < -0.4 is 0 Å². The number of fused-ring (bicyclic) bond motifs is 1. The number of carboxylic acids is 1. The minimum Gasteiger partial charge on any atom is -0.478 e. The van der Waals surface area contributed by atoms with Gasteiger partial charge in [-0.3, -0.25) is 19.7 Å². The van der Waals surface area contributed by atoms with Crippen molar-refractivity contribution >= 4 is 29.3 Å². The van der Waals surface area contributed by atoms with Gasteiger partial charge in [0.15, 0.2) is 11.6 Å². The molecule has 1 aliphatic rings. The van der Waals surface area contributed by atoms with E-state index in [4.69, 9.17) is 5.11 Å². The highest BCUT2D eigenvalue weighted by atomic mass is 16.6. The van der Waals surface area contributed by atoms with Gasteiger partial charge in [0, 0.05) is 23.3 Å². The summed E-state index contributed by atoms with van der Waals surface area (Å²) in [7, 11) is 0. The van der Waals surface area contributed by atoms with E-state index in [0.29, 0.717) is 5.56 Å². The summed E-state index contributed by atoms with van der Waals surface area (Å²) in [6.45, 7) is 0. The number of nitro benzene ring substituents is 1. The molecular weight excluding hydrogens is 314 g/mol. The zero-order chi connectivity index (χ0) is 17.4. The number of nitrogens with zero attached hydrogens (tertiary/aromatic N) is 1. The van der Waals surface area contributed by atoms with Crippen LogP contribution in [0.25, 0.3) is 6.08 Å². The van der Waals surface area contributed by atoms with Gasteiger partial charge in [-0.1, -0.05) is 0 Å². The Morgan fingerprint density at radius 1 is 1.00 bits per heavy atom. The van der Waals surface area contributed by atoms with Gasteiger partial charge < -0.3 is 5.11 Å². The van der Waals surface area contributed by atoms with Crippen LogP contribution in [0.3, 0.4) is 0 Å². The molecule has 0 heterocycles. The molecular formula is C17H9NO6. The minimum absolute atomic E-state index is 0.0491. The zero-order valence-corrected chi connectivity index (χ0v) is 12.1. The highest BCUT2D eigenvalue weighted by Crippen LogP contribution is 2.29. The van der Waals surface area contributed by atoms with E-state index < -0.39 is 22.5 Å². The molecule has 24 heavy (non-hydrogen) atoms. The van der Waals surface area contributed by atoms with Crippen molar-refractivity contribution in [2.75, 3.05) is 0 Å². The maximum atomic E-state index is 12.4. The molecule has 1 N–H and O–H groups in total. The Morgan fingerprint density at radius 2 is 1.62 bits per heavy atom. The average molecular weight is 323 g/mol. The van der Waals surface area contributed by atoms with Crippen LogP contribution in [0.2, 0.25) is 0 Å². The van der Waals surface area contributed by atoms with Crippen LogP contribution in [-0.4, -0.2) is 27.6 Å². The summed E-state index contributed by atoms with van der Waals surface area (Å²) in [5.41, 5.74) is 0.387. The Bertz CT molecular complexity index is 940. The van der Waals surface area contributed by atoms with Gasteiger partial charge in [-0.2, -0.15) is 0 Å². The molecule has 3 rings (SSSR count).